The van der Waals surface area contributed by atoms with Gasteiger partial charge in [0.05, 0.1) is 77.9 Å². The number of alkyl halides is 2. The zero-order valence-electron chi connectivity index (χ0n) is 74.9. The molecule has 0 saturated carbocycles. The number of nitrogens with two attached hydrogens (primary N) is 1. The van der Waals surface area contributed by atoms with E-state index in [0.717, 1.165) is 129 Å². The van der Waals surface area contributed by atoms with E-state index in [1.54, 1.807) is 51.1 Å². The van der Waals surface area contributed by atoms with Gasteiger partial charge in [0.1, 0.15) is 51.1 Å². The molecule has 8 aliphatic heterocycles. The number of piperidine rings is 2. The van der Waals surface area contributed by atoms with Crippen molar-refractivity contribution in [3.63, 3.8) is 0 Å². The van der Waals surface area contributed by atoms with Gasteiger partial charge in [-0.3, -0.25) is 29.3 Å². The fraction of sp³-hybridized carbons (Fsp3) is 0.365. The van der Waals surface area contributed by atoms with Crippen LogP contribution in [0, 0.1) is 10.1 Å². The number of nitro groups is 1. The molecule has 28 nitrogen and oxygen atoms in total. The fourth-order valence-electron chi connectivity index (χ4n) is 19.3. The van der Waals surface area contributed by atoms with Crippen LogP contribution in [0.15, 0.2) is 207 Å². The zero-order valence-corrected chi connectivity index (χ0v) is 76.4. The number of nitro benzene ring substituents is 1. The van der Waals surface area contributed by atoms with E-state index in [0.29, 0.717) is 118 Å². The number of amides is 6. The first-order chi connectivity index (χ1) is 65.4. The highest BCUT2D eigenvalue weighted by Crippen LogP contribution is 2.51. The molecule has 698 valence electrons. The summed E-state index contributed by atoms with van der Waals surface area (Å²) in [5, 5.41) is 15.0. The Morgan fingerprint density at radius 1 is 0.463 bits per heavy atom. The van der Waals surface area contributed by atoms with Gasteiger partial charge in [0.25, 0.3) is 17.5 Å². The topological polar surface area (TPSA) is 302 Å². The number of carbonyl (C=O) groups is 6. The van der Waals surface area contributed by atoms with Gasteiger partial charge in [-0.15, -0.1) is 23.2 Å². The van der Waals surface area contributed by atoms with Crippen molar-refractivity contribution in [1.82, 2.24) is 9.80 Å². The predicted molar refractivity (Wildman–Crippen MR) is 509 cm³/mol. The molecule has 0 aliphatic carbocycles. The number of nitrogen functional groups attached to an aromatic ring is 1. The molecule has 2 N–H and O–H groups in total. The van der Waals surface area contributed by atoms with Crippen LogP contribution in [-0.4, -0.2) is 166 Å². The Kier molecular flexibility index (Phi) is 29.5. The van der Waals surface area contributed by atoms with E-state index >= 15 is 0 Å². The molecule has 8 aliphatic rings. The molecule has 18 rings (SSSR count). The van der Waals surface area contributed by atoms with Gasteiger partial charge in [0, 0.05) is 116 Å². The maximum atomic E-state index is 14.4. The maximum absolute atomic E-state index is 14.4. The van der Waals surface area contributed by atoms with Crippen LogP contribution in [0.3, 0.4) is 0 Å². The molecule has 0 spiro atoms. The van der Waals surface area contributed by atoms with E-state index < -0.39 is 54.2 Å². The lowest BCUT2D eigenvalue weighted by Crippen LogP contribution is -2.57. The average Bonchev–Trinajstić information content (AvgIpc) is 1.77. The lowest BCUT2D eigenvalue weighted by atomic mass is 9.95. The third kappa shape index (κ3) is 20.1. The molecular formula is C104H108Cl2N8O20. The summed E-state index contributed by atoms with van der Waals surface area (Å²) < 4.78 is 74.0. The van der Waals surface area contributed by atoms with Crippen molar-refractivity contribution >= 4 is 115 Å². The number of carbonyl (C=O) groups excluding carboxylic acids is 6. The van der Waals surface area contributed by atoms with Gasteiger partial charge in [0.2, 0.25) is 11.8 Å². The van der Waals surface area contributed by atoms with E-state index in [4.69, 9.17) is 85.8 Å². The standard InChI is InChI=1S/C52H53ClN4O11.C52H55ClN4O9/c1-3-22-65-52(60)56-42-27-46(45(63-2)26-40(42)50(59)54-21-8-6-15-41(54)51(56)68-48-16-7-9-23-64-48)67-32-35-12-10-11-34(24-35)25-47(58)55-30-36(29-53)49-39-14-5-4-13-38(39)44(28-43(49)55)66-31-33-17-19-37(20-18-33)57(61)62;1-3-22-63-52(60)57-42-27-46(45(61-2)26-40(42)50(59)55-21-8-6-15-41(55)51(57)66-48-16-7-9-23-62-48)65-32-35-12-10-11-34(24-35)25-47(58)56-30-36(29-53)49-39-14-5-4-13-38(39)44(28-43(49)56)64-31-33-17-19-37(54)20-18-33/h3-5,10-14,17-20,24,26-28,36,41,48,51H,1,6-9,15-16,21-23,25,29-32H2,2H3;3-5,10-14,17-20,24,26-28,36,41,48,51H,1,6-9,15-16,21-23,25,29-32,54H2,2H3/t2*36-,41+,48?,51?/m11/s1. The first-order valence-electron chi connectivity index (χ1n) is 45.7. The molecule has 0 radical (unpaired) electrons. The Balaban J connectivity index is 0.000000187. The normalized spacial score (nSPS) is 20.1. The number of benzene rings is 10. The van der Waals surface area contributed by atoms with Crippen LogP contribution in [-0.2, 0) is 77.3 Å². The lowest BCUT2D eigenvalue weighted by molar-refractivity contribution is -0.384. The minimum atomic E-state index is -0.904. The van der Waals surface area contributed by atoms with Crippen LogP contribution < -0.4 is 53.8 Å². The largest absolute Gasteiger partial charge is 0.493 e. The Hall–Kier alpha value is -13.0. The molecule has 0 aromatic heterocycles. The molecule has 10 aromatic rings. The highest BCUT2D eigenvalue weighted by molar-refractivity contribution is 6.20. The molecule has 4 fully saturated rings. The first-order valence-corrected chi connectivity index (χ1v) is 46.8. The van der Waals surface area contributed by atoms with E-state index in [2.05, 4.69) is 19.2 Å². The number of anilines is 5. The average molecular weight is 1860 g/mol. The molecule has 8 atom stereocenters. The van der Waals surface area contributed by atoms with Gasteiger partial charge in [0.15, 0.2) is 48.0 Å². The molecular weight excluding hydrogens is 1750 g/mol. The highest BCUT2D eigenvalue weighted by atomic mass is 35.5. The molecule has 6 amide bonds. The van der Waals surface area contributed by atoms with E-state index in [1.807, 2.05) is 132 Å². The van der Waals surface area contributed by atoms with E-state index in [-0.39, 0.29) is 115 Å². The van der Waals surface area contributed by atoms with Crippen LogP contribution in [0.1, 0.15) is 154 Å². The maximum Gasteiger partial charge on any atom is 0.416 e. The van der Waals surface area contributed by atoms with Gasteiger partial charge in [-0.1, -0.05) is 135 Å². The summed E-state index contributed by atoms with van der Waals surface area (Å²) in [7, 11) is 3.01. The van der Waals surface area contributed by atoms with Crippen LogP contribution >= 0.6 is 23.2 Å². The number of hydrogen-bond acceptors (Lipinski definition) is 21. The Labute approximate surface area is 787 Å². The fourth-order valence-corrected chi connectivity index (χ4v) is 19.8. The Bertz CT molecular complexity index is 6030. The summed E-state index contributed by atoms with van der Waals surface area (Å²) in [4.78, 5) is 107. The quantitative estimate of drug-likeness (QED) is 0.0150. The minimum Gasteiger partial charge on any atom is -0.493 e. The number of hydrogen-bond donors (Lipinski definition) is 1. The van der Waals surface area contributed by atoms with Crippen molar-refractivity contribution in [2.24, 2.45) is 0 Å². The summed E-state index contributed by atoms with van der Waals surface area (Å²) in [6.07, 6.45) is 8.54. The van der Waals surface area contributed by atoms with Crippen molar-refractivity contribution in [1.29, 1.82) is 0 Å². The molecule has 0 bridgehead atoms. The van der Waals surface area contributed by atoms with Crippen LogP contribution in [0.2, 0.25) is 0 Å². The molecule has 30 heteroatoms. The minimum absolute atomic E-state index is 0.00259. The van der Waals surface area contributed by atoms with Crippen molar-refractivity contribution in [2.75, 3.05) is 104 Å². The van der Waals surface area contributed by atoms with Gasteiger partial charge in [-0.2, -0.15) is 0 Å². The lowest BCUT2D eigenvalue weighted by Gasteiger charge is -2.42. The monoisotopic (exact) mass is 1860 g/mol. The number of nitrogens with zero attached hydrogens (tertiary/aromatic N) is 7. The summed E-state index contributed by atoms with van der Waals surface area (Å²) >= 11 is 13.2. The highest BCUT2D eigenvalue weighted by Gasteiger charge is 2.50. The zero-order chi connectivity index (χ0) is 93.0. The summed E-state index contributed by atoms with van der Waals surface area (Å²) in [6, 6.07) is 54.5. The first kappa shape index (κ1) is 92.9. The van der Waals surface area contributed by atoms with Gasteiger partial charge >= 0.3 is 12.2 Å². The number of fused-ring (bicyclic) bond motifs is 10. The SMILES string of the molecule is C=CCOC(=O)N1c2cc(OCc3cccc(CC(=O)N4C[C@@H](CCl)c5c4cc(OCc4ccc(N)cc4)c4ccccc54)c3)c(OC)cc2C(=O)N2CCCC[C@H]2C1OC1CCCCO1.C=CCOC(=O)N1c2cc(OCc3cccc(CC(=O)N4C[C@@H](CCl)c5c4cc(OCc4ccc([N+](=O)[O-])cc4)c4ccccc54)c3)c(OC)cc2C(=O)N2CCCC[C@H]2C1OC1CCCCO1. The Morgan fingerprint density at radius 3 is 1.26 bits per heavy atom. The van der Waals surface area contributed by atoms with Gasteiger partial charge in [-0.25, -0.2) is 19.4 Å². The van der Waals surface area contributed by atoms with E-state index in [1.165, 1.54) is 48.3 Å². The van der Waals surface area contributed by atoms with Gasteiger partial charge < -0.3 is 82.2 Å². The number of rotatable bonds is 29. The number of non-ortho nitro benzene ring substituents is 1. The number of methoxy groups -OCH3 is 2. The molecule has 10 aromatic carbocycles. The van der Waals surface area contributed by atoms with Crippen molar-refractivity contribution in [3.05, 3.63) is 273 Å². The summed E-state index contributed by atoms with van der Waals surface area (Å²) in [5.41, 5.74) is 16.1. The summed E-state index contributed by atoms with van der Waals surface area (Å²) in [5.74, 6) is 2.29. The second-order valence-corrected chi connectivity index (χ2v) is 35.1. The Morgan fingerprint density at radius 2 is 0.858 bits per heavy atom. The number of ether oxygens (including phenoxy) is 12. The molecule has 8 heterocycles. The van der Waals surface area contributed by atoms with Gasteiger partial charge in [-0.05, 0) is 169 Å². The molecule has 4 saturated heterocycles. The second kappa shape index (κ2) is 42.5. The predicted octanol–water partition coefficient (Wildman–Crippen LogP) is 19.3. The second-order valence-electron chi connectivity index (χ2n) is 34.5. The van der Waals surface area contributed by atoms with Crippen LogP contribution in [0.5, 0.6) is 34.5 Å². The van der Waals surface area contributed by atoms with Crippen molar-refractivity contribution in [3.8, 4) is 34.5 Å². The smallest absolute Gasteiger partial charge is 0.416 e. The van der Waals surface area contributed by atoms with Crippen molar-refractivity contribution in [2.45, 2.75) is 165 Å². The molecule has 134 heavy (non-hydrogen) atoms. The van der Waals surface area contributed by atoms with E-state index in [9.17, 15) is 38.9 Å². The number of halogens is 2. The van der Waals surface area contributed by atoms with Crippen LogP contribution in [0.4, 0.5) is 43.7 Å². The van der Waals surface area contributed by atoms with Crippen LogP contribution in [0.25, 0.3) is 21.5 Å². The van der Waals surface area contributed by atoms with Crippen molar-refractivity contribution < 1.29 is 90.5 Å². The molecule has 4 unspecified atom stereocenters. The summed E-state index contributed by atoms with van der Waals surface area (Å²) in [6.45, 7) is 11.0. The third-order valence-electron chi connectivity index (χ3n) is 25.9. The third-order valence-corrected chi connectivity index (χ3v) is 26.6.